The molecule has 6 heteroatoms. The van der Waals surface area contributed by atoms with E-state index in [0.29, 0.717) is 17.5 Å². The highest BCUT2D eigenvalue weighted by atomic mass is 16.3. The smallest absolute Gasteiger partial charge is 0.164 e. The number of nitrogens with zero attached hydrogens (tertiary/aromatic N) is 4. The molecular formula is C55H30N4O2. The van der Waals surface area contributed by atoms with Gasteiger partial charge < -0.3 is 13.4 Å². The molecule has 4 heterocycles. The van der Waals surface area contributed by atoms with Crippen LogP contribution in [0.1, 0.15) is 0 Å². The molecule has 0 aliphatic heterocycles. The maximum Gasteiger partial charge on any atom is 0.164 e. The Balaban J connectivity index is 1.08. The van der Waals surface area contributed by atoms with Gasteiger partial charge in [0.15, 0.2) is 17.5 Å². The third kappa shape index (κ3) is 4.58. The van der Waals surface area contributed by atoms with Crippen LogP contribution in [-0.2, 0) is 0 Å². The third-order valence-electron chi connectivity index (χ3n) is 12.6. The van der Waals surface area contributed by atoms with E-state index in [9.17, 15) is 0 Å². The highest BCUT2D eigenvalue weighted by Crippen LogP contribution is 2.50. The van der Waals surface area contributed by atoms with E-state index in [4.69, 9.17) is 23.8 Å². The zero-order chi connectivity index (χ0) is 39.8. The van der Waals surface area contributed by atoms with Gasteiger partial charge in [-0.05, 0) is 81.6 Å². The van der Waals surface area contributed by atoms with Crippen LogP contribution in [0.3, 0.4) is 0 Å². The number of hydrogen-bond acceptors (Lipinski definition) is 5. The molecule has 282 valence electrons. The lowest BCUT2D eigenvalue weighted by molar-refractivity contribution is 0.668. The van der Waals surface area contributed by atoms with Crippen molar-refractivity contribution in [2.75, 3.05) is 0 Å². The Labute approximate surface area is 347 Å². The van der Waals surface area contributed by atoms with Crippen molar-refractivity contribution in [3.8, 4) is 62.1 Å². The number of para-hydroxylation sites is 2. The van der Waals surface area contributed by atoms with Crippen molar-refractivity contribution >= 4 is 76.5 Å². The van der Waals surface area contributed by atoms with Crippen molar-refractivity contribution in [1.82, 2.24) is 19.5 Å². The fraction of sp³-hybridized carbons (Fsp3) is 0. The normalized spacial score (nSPS) is 12.3. The molecular weight excluding hydrogens is 749 g/mol. The van der Waals surface area contributed by atoms with Gasteiger partial charge in [-0.15, -0.1) is 0 Å². The molecule has 1 aliphatic carbocycles. The van der Waals surface area contributed by atoms with Crippen LogP contribution in [0.25, 0.3) is 139 Å². The zero-order valence-electron chi connectivity index (χ0n) is 32.4. The van der Waals surface area contributed by atoms with Crippen molar-refractivity contribution in [2.45, 2.75) is 0 Å². The van der Waals surface area contributed by atoms with Gasteiger partial charge in [0.2, 0.25) is 0 Å². The average Bonchev–Trinajstić information content (AvgIpc) is 3.98. The number of benzene rings is 9. The summed E-state index contributed by atoms with van der Waals surface area (Å²) in [6.45, 7) is 0. The van der Waals surface area contributed by atoms with E-state index in [2.05, 4.69) is 114 Å². The minimum atomic E-state index is 0.559. The highest BCUT2D eigenvalue weighted by Gasteiger charge is 2.26. The van der Waals surface area contributed by atoms with Gasteiger partial charge in [-0.2, -0.15) is 0 Å². The van der Waals surface area contributed by atoms with Crippen LogP contribution < -0.4 is 0 Å². The summed E-state index contributed by atoms with van der Waals surface area (Å²) >= 11 is 0. The lowest BCUT2D eigenvalue weighted by Gasteiger charge is -2.15. The van der Waals surface area contributed by atoms with Crippen molar-refractivity contribution < 1.29 is 8.83 Å². The second-order valence-corrected chi connectivity index (χ2v) is 15.9. The van der Waals surface area contributed by atoms with Gasteiger partial charge in [-0.3, -0.25) is 0 Å². The molecule has 0 bridgehead atoms. The first-order chi connectivity index (χ1) is 30.2. The standard InChI is InChI=1S/C55H30N4O2/c1-2-12-32(13-3-1)53-56-54(33-25-27-47-41(28-33)37-17-6-8-22-45(37)60-47)58-55(57-53)42-29-34(30-48-50(42)40-18-7-9-23-46(40)61-48)59-43-21-11-20-39-36-16-5-4-15-35(36)38-19-10-14-31-24-26-44(59)52(49(31)38)51(39)43/h1-30H. The topological polar surface area (TPSA) is 69.9 Å². The fourth-order valence-electron chi connectivity index (χ4n) is 9.96. The van der Waals surface area contributed by atoms with Crippen LogP contribution in [0, 0.1) is 0 Å². The summed E-state index contributed by atoms with van der Waals surface area (Å²) < 4.78 is 15.4. The second-order valence-electron chi connectivity index (χ2n) is 15.9. The van der Waals surface area contributed by atoms with Crippen molar-refractivity contribution in [3.63, 3.8) is 0 Å². The summed E-state index contributed by atoms with van der Waals surface area (Å²) in [5.74, 6) is 1.72. The van der Waals surface area contributed by atoms with E-state index in [-0.39, 0.29) is 0 Å². The van der Waals surface area contributed by atoms with E-state index in [1.807, 2.05) is 72.8 Å². The highest BCUT2D eigenvalue weighted by molar-refractivity contribution is 6.30. The Hall–Kier alpha value is -8.35. The molecule has 0 N–H and O–H groups in total. The van der Waals surface area contributed by atoms with Crippen molar-refractivity contribution in [2.24, 2.45) is 0 Å². The molecule has 4 aromatic heterocycles. The molecule has 1 aliphatic rings. The van der Waals surface area contributed by atoms with Crippen molar-refractivity contribution in [1.29, 1.82) is 0 Å². The molecule has 9 aromatic carbocycles. The van der Waals surface area contributed by atoms with E-state index in [1.54, 1.807) is 0 Å². The van der Waals surface area contributed by atoms with Gasteiger partial charge >= 0.3 is 0 Å². The first kappa shape index (κ1) is 32.6. The number of fused-ring (bicyclic) bond motifs is 9. The monoisotopic (exact) mass is 778 g/mol. The van der Waals surface area contributed by atoms with Crippen LogP contribution in [0.5, 0.6) is 0 Å². The van der Waals surface area contributed by atoms with Crippen LogP contribution in [0.15, 0.2) is 191 Å². The predicted octanol–water partition coefficient (Wildman–Crippen LogP) is 14.6. The molecule has 0 saturated heterocycles. The minimum absolute atomic E-state index is 0.559. The molecule has 0 atom stereocenters. The predicted molar refractivity (Wildman–Crippen MR) is 247 cm³/mol. The first-order valence-electron chi connectivity index (χ1n) is 20.5. The molecule has 13 aromatic rings. The summed E-state index contributed by atoms with van der Waals surface area (Å²) in [5.41, 5.74) is 14.0. The lowest BCUT2D eigenvalue weighted by atomic mass is 9.93. The average molecular weight is 779 g/mol. The molecule has 61 heavy (non-hydrogen) atoms. The Morgan fingerprint density at radius 2 is 0.951 bits per heavy atom. The largest absolute Gasteiger partial charge is 0.456 e. The van der Waals surface area contributed by atoms with E-state index in [1.165, 1.54) is 43.8 Å². The number of rotatable bonds is 4. The zero-order valence-corrected chi connectivity index (χ0v) is 32.4. The third-order valence-corrected chi connectivity index (χ3v) is 12.6. The molecule has 0 radical (unpaired) electrons. The Morgan fingerprint density at radius 1 is 0.328 bits per heavy atom. The van der Waals surface area contributed by atoms with Crippen LogP contribution >= 0.6 is 0 Å². The first-order valence-corrected chi connectivity index (χ1v) is 20.5. The molecule has 0 spiro atoms. The van der Waals surface area contributed by atoms with Gasteiger partial charge in [0.25, 0.3) is 0 Å². The molecule has 0 fully saturated rings. The Bertz CT molecular complexity index is 4010. The van der Waals surface area contributed by atoms with E-state index < -0.39 is 0 Å². The van der Waals surface area contributed by atoms with Crippen molar-refractivity contribution in [3.05, 3.63) is 182 Å². The SMILES string of the molecule is c1ccc(-c2nc(-c3ccc4oc5ccccc5c4c3)nc(-c3cc(-n4c5cccc6c5c5c7c(cccc7ccc54)-c4ccccc4-6)cc4oc5ccccc5c34)n2)cc1. The van der Waals surface area contributed by atoms with Gasteiger partial charge in [-0.1, -0.05) is 127 Å². The number of hydrogen-bond donors (Lipinski definition) is 0. The van der Waals surface area contributed by atoms with Gasteiger partial charge in [0.05, 0.1) is 16.7 Å². The molecule has 0 unspecified atom stereocenters. The van der Waals surface area contributed by atoms with Crippen LogP contribution in [0.4, 0.5) is 0 Å². The second kappa shape index (κ2) is 12.1. The molecule has 6 nitrogen and oxygen atoms in total. The number of aromatic nitrogens is 4. The summed E-state index contributed by atoms with van der Waals surface area (Å²) in [4.78, 5) is 15.8. The molecule has 14 rings (SSSR count). The van der Waals surface area contributed by atoms with E-state index in [0.717, 1.165) is 77.3 Å². The minimum Gasteiger partial charge on any atom is -0.456 e. The van der Waals surface area contributed by atoms with Crippen LogP contribution in [-0.4, -0.2) is 19.5 Å². The van der Waals surface area contributed by atoms with Gasteiger partial charge in [0.1, 0.15) is 22.3 Å². The summed E-state index contributed by atoms with van der Waals surface area (Å²) in [6.07, 6.45) is 0. The summed E-state index contributed by atoms with van der Waals surface area (Å²) in [7, 11) is 0. The summed E-state index contributed by atoms with van der Waals surface area (Å²) in [5, 5.41) is 8.99. The summed E-state index contributed by atoms with van der Waals surface area (Å²) in [6, 6.07) is 63.8. The maximum absolute atomic E-state index is 6.76. The van der Waals surface area contributed by atoms with Crippen LogP contribution in [0.2, 0.25) is 0 Å². The van der Waals surface area contributed by atoms with E-state index >= 15 is 0 Å². The lowest BCUT2D eigenvalue weighted by Crippen LogP contribution is -2.02. The quantitative estimate of drug-likeness (QED) is 0.178. The Morgan fingerprint density at radius 3 is 1.79 bits per heavy atom. The van der Waals surface area contributed by atoms with Gasteiger partial charge in [-0.25, -0.2) is 15.0 Å². The fourth-order valence-corrected chi connectivity index (χ4v) is 9.96. The van der Waals surface area contributed by atoms with Gasteiger partial charge in [0, 0.05) is 55.1 Å². The molecule has 0 saturated carbocycles. The molecule has 0 amide bonds. The number of furan rings is 2. The Kier molecular flexibility index (Phi) is 6.46. The maximum atomic E-state index is 6.76.